The van der Waals surface area contributed by atoms with Gasteiger partial charge in [-0.05, 0) is 61.0 Å². The fraction of sp³-hybridized carbons (Fsp3) is 0.182. The molecule has 6 heteroatoms. The van der Waals surface area contributed by atoms with Gasteiger partial charge in [-0.2, -0.15) is 0 Å². The first-order chi connectivity index (χ1) is 13.5. The molecule has 1 N–H and O–H groups in total. The minimum atomic E-state index is 0.359. The molecule has 0 spiro atoms. The summed E-state index contributed by atoms with van der Waals surface area (Å²) in [6.07, 6.45) is 0. The van der Waals surface area contributed by atoms with Crippen molar-refractivity contribution >= 4 is 40.5 Å². The first-order valence-electron chi connectivity index (χ1n) is 8.87. The zero-order chi connectivity index (χ0) is 19.9. The van der Waals surface area contributed by atoms with Gasteiger partial charge in [0.1, 0.15) is 18.1 Å². The van der Waals surface area contributed by atoms with Gasteiger partial charge in [-0.3, -0.25) is 0 Å². The minimum Gasteiger partial charge on any atom is -0.494 e. The summed E-state index contributed by atoms with van der Waals surface area (Å²) in [6.45, 7) is 3.47. The number of nitrogens with one attached hydrogen (secondary N) is 1. The Bertz CT molecular complexity index is 930. The fourth-order valence-corrected chi connectivity index (χ4v) is 3.52. The van der Waals surface area contributed by atoms with Crippen molar-refractivity contribution in [1.82, 2.24) is 0 Å². The third-order valence-corrected chi connectivity index (χ3v) is 4.74. The number of rotatable bonds is 8. The van der Waals surface area contributed by atoms with E-state index in [-0.39, 0.29) is 0 Å². The summed E-state index contributed by atoms with van der Waals surface area (Å²) in [4.78, 5) is 0. The zero-order valence-corrected chi connectivity index (χ0v) is 17.6. The fourth-order valence-electron chi connectivity index (χ4n) is 2.72. The van der Waals surface area contributed by atoms with E-state index in [1.807, 2.05) is 61.5 Å². The van der Waals surface area contributed by atoms with E-state index < -0.39 is 0 Å². The second kappa shape index (κ2) is 9.92. The van der Waals surface area contributed by atoms with Crippen LogP contribution in [0.25, 0.3) is 0 Å². The van der Waals surface area contributed by atoms with Crippen LogP contribution in [-0.4, -0.2) is 6.61 Å². The lowest BCUT2D eigenvalue weighted by molar-refractivity contribution is 0.303. The molecule has 28 heavy (non-hydrogen) atoms. The number of ether oxygens (including phenoxy) is 2. The first-order valence-corrected chi connectivity index (χ1v) is 10.0. The second-order valence-corrected chi connectivity index (χ2v) is 7.39. The van der Waals surface area contributed by atoms with Gasteiger partial charge in [0.05, 0.1) is 11.6 Å². The summed E-state index contributed by atoms with van der Waals surface area (Å²) in [6, 6.07) is 18.8. The maximum atomic E-state index is 6.39. The molecule has 0 radical (unpaired) electrons. The summed E-state index contributed by atoms with van der Waals surface area (Å²) < 4.78 is 11.5. The number of halogens is 3. The summed E-state index contributed by atoms with van der Waals surface area (Å²) in [5, 5.41) is 5.06. The highest BCUT2D eigenvalue weighted by atomic mass is 35.5. The van der Waals surface area contributed by atoms with Crippen LogP contribution in [-0.2, 0) is 13.2 Å². The SMILES string of the molecule is CCOc1ccc(NCc2cc(Cl)cc(Cl)c2OCc2cccc(Cl)c2)cc1. The topological polar surface area (TPSA) is 30.5 Å². The zero-order valence-electron chi connectivity index (χ0n) is 15.3. The van der Waals surface area contributed by atoms with Crippen LogP contribution in [0.15, 0.2) is 60.7 Å². The average molecular weight is 437 g/mol. The maximum absolute atomic E-state index is 6.39. The molecule has 0 bridgehead atoms. The molecule has 0 amide bonds. The second-order valence-electron chi connectivity index (χ2n) is 6.11. The lowest BCUT2D eigenvalue weighted by Crippen LogP contribution is -2.04. The molecule has 3 nitrogen and oxygen atoms in total. The van der Waals surface area contributed by atoms with Gasteiger partial charge < -0.3 is 14.8 Å². The van der Waals surface area contributed by atoms with Crippen LogP contribution in [0.2, 0.25) is 15.1 Å². The highest BCUT2D eigenvalue weighted by Crippen LogP contribution is 2.34. The van der Waals surface area contributed by atoms with Crippen molar-refractivity contribution in [3.63, 3.8) is 0 Å². The maximum Gasteiger partial charge on any atom is 0.143 e. The Morgan fingerprint density at radius 2 is 1.64 bits per heavy atom. The van der Waals surface area contributed by atoms with Crippen LogP contribution in [0.3, 0.4) is 0 Å². The van der Waals surface area contributed by atoms with Crippen molar-refractivity contribution in [2.75, 3.05) is 11.9 Å². The predicted molar refractivity (Wildman–Crippen MR) is 117 cm³/mol. The Morgan fingerprint density at radius 1 is 0.857 bits per heavy atom. The Balaban J connectivity index is 1.72. The van der Waals surface area contributed by atoms with Gasteiger partial charge in [0, 0.05) is 27.8 Å². The number of hydrogen-bond donors (Lipinski definition) is 1. The molecule has 0 saturated heterocycles. The van der Waals surface area contributed by atoms with Gasteiger partial charge in [0.15, 0.2) is 0 Å². The van der Waals surface area contributed by atoms with Gasteiger partial charge in [-0.15, -0.1) is 0 Å². The van der Waals surface area contributed by atoms with Crippen LogP contribution >= 0.6 is 34.8 Å². The van der Waals surface area contributed by atoms with Gasteiger partial charge in [-0.1, -0.05) is 46.9 Å². The molecule has 0 fully saturated rings. The summed E-state index contributed by atoms with van der Waals surface area (Å²) in [5.74, 6) is 1.44. The van der Waals surface area contributed by atoms with E-state index in [1.54, 1.807) is 6.07 Å². The summed E-state index contributed by atoms with van der Waals surface area (Å²) in [7, 11) is 0. The average Bonchev–Trinajstić information content (AvgIpc) is 2.67. The molecule has 0 heterocycles. The molecule has 0 atom stereocenters. The van der Waals surface area contributed by atoms with E-state index >= 15 is 0 Å². The highest BCUT2D eigenvalue weighted by Gasteiger charge is 2.12. The Kier molecular flexibility index (Phi) is 7.32. The monoisotopic (exact) mass is 435 g/mol. The quantitative estimate of drug-likeness (QED) is 0.404. The van der Waals surface area contributed by atoms with E-state index in [1.165, 1.54) is 0 Å². The largest absolute Gasteiger partial charge is 0.494 e. The van der Waals surface area contributed by atoms with Crippen molar-refractivity contribution in [3.8, 4) is 11.5 Å². The van der Waals surface area contributed by atoms with E-state index in [2.05, 4.69) is 5.32 Å². The standard InChI is InChI=1S/C22H20Cl3NO2/c1-2-27-20-8-6-19(7-9-20)26-13-16-11-18(24)12-21(25)22(16)28-14-15-4-3-5-17(23)10-15/h3-12,26H,2,13-14H2,1H3. The van der Waals surface area contributed by atoms with Crippen LogP contribution in [0.1, 0.15) is 18.1 Å². The third-order valence-electron chi connectivity index (χ3n) is 4.01. The van der Waals surface area contributed by atoms with E-state index in [0.29, 0.717) is 40.6 Å². The molecule has 0 aliphatic rings. The van der Waals surface area contributed by atoms with Gasteiger partial charge in [0.2, 0.25) is 0 Å². The smallest absolute Gasteiger partial charge is 0.143 e. The van der Waals surface area contributed by atoms with Gasteiger partial charge in [0.25, 0.3) is 0 Å². The molecule has 3 aromatic carbocycles. The van der Waals surface area contributed by atoms with Gasteiger partial charge >= 0.3 is 0 Å². The highest BCUT2D eigenvalue weighted by molar-refractivity contribution is 6.35. The summed E-state index contributed by atoms with van der Waals surface area (Å²) >= 11 is 18.6. The van der Waals surface area contributed by atoms with Crippen LogP contribution in [0.5, 0.6) is 11.5 Å². The van der Waals surface area contributed by atoms with Crippen molar-refractivity contribution in [2.24, 2.45) is 0 Å². The molecule has 0 saturated carbocycles. The molecule has 0 aliphatic heterocycles. The molecule has 3 aromatic rings. The Hall–Kier alpha value is -2.07. The molecule has 146 valence electrons. The number of benzene rings is 3. The van der Waals surface area contributed by atoms with Crippen molar-refractivity contribution < 1.29 is 9.47 Å². The normalized spacial score (nSPS) is 10.6. The van der Waals surface area contributed by atoms with E-state index in [9.17, 15) is 0 Å². The van der Waals surface area contributed by atoms with E-state index in [4.69, 9.17) is 44.3 Å². The molecule has 3 rings (SSSR count). The van der Waals surface area contributed by atoms with Crippen LogP contribution in [0.4, 0.5) is 5.69 Å². The van der Waals surface area contributed by atoms with E-state index in [0.717, 1.165) is 22.6 Å². The van der Waals surface area contributed by atoms with Crippen LogP contribution < -0.4 is 14.8 Å². The third kappa shape index (κ3) is 5.71. The lowest BCUT2D eigenvalue weighted by atomic mass is 10.2. The molecule has 0 aliphatic carbocycles. The number of anilines is 1. The predicted octanol–water partition coefficient (Wildman–Crippen LogP) is 7.24. The van der Waals surface area contributed by atoms with Crippen molar-refractivity contribution in [3.05, 3.63) is 86.9 Å². The molecular weight excluding hydrogens is 417 g/mol. The summed E-state index contributed by atoms with van der Waals surface area (Å²) in [5.41, 5.74) is 2.79. The van der Waals surface area contributed by atoms with Crippen molar-refractivity contribution in [1.29, 1.82) is 0 Å². The molecular formula is C22H20Cl3NO2. The molecule has 0 aromatic heterocycles. The van der Waals surface area contributed by atoms with Crippen molar-refractivity contribution in [2.45, 2.75) is 20.1 Å². The van der Waals surface area contributed by atoms with Crippen LogP contribution in [0, 0.1) is 0 Å². The van der Waals surface area contributed by atoms with Gasteiger partial charge in [-0.25, -0.2) is 0 Å². The lowest BCUT2D eigenvalue weighted by Gasteiger charge is -2.15. The molecule has 0 unspecified atom stereocenters. The Morgan fingerprint density at radius 3 is 2.36 bits per heavy atom. The first kappa shape index (κ1) is 20.7. The minimum absolute atomic E-state index is 0.359. The number of hydrogen-bond acceptors (Lipinski definition) is 3. The Labute approximate surface area is 180 Å².